The lowest BCUT2D eigenvalue weighted by Crippen LogP contribution is -2.52. The fourth-order valence-corrected chi connectivity index (χ4v) is 3.25. The minimum atomic E-state index is -0.818. The molecule has 1 atom stereocenters. The molecule has 1 aromatic rings. The molecule has 1 N–H and O–H groups in total. The molecule has 0 radical (unpaired) electrons. The summed E-state index contributed by atoms with van der Waals surface area (Å²) in [5.74, 6) is 0.939. The second-order valence-electron chi connectivity index (χ2n) is 5.75. The first kappa shape index (κ1) is 15.7. The molecule has 21 heavy (non-hydrogen) atoms. The summed E-state index contributed by atoms with van der Waals surface area (Å²) in [6, 6.07) is 10.3. The van der Waals surface area contributed by atoms with Crippen molar-refractivity contribution in [2.24, 2.45) is 5.92 Å². The number of nitrogens with one attached hydrogen (secondary N) is 1. The molecule has 1 heterocycles. The molecule has 1 aliphatic rings. The van der Waals surface area contributed by atoms with Crippen molar-refractivity contribution in [2.45, 2.75) is 31.2 Å². The third-order valence-corrected chi connectivity index (χ3v) is 4.99. The second kappa shape index (κ2) is 6.40. The van der Waals surface area contributed by atoms with Crippen molar-refractivity contribution in [1.82, 2.24) is 5.32 Å². The number of hydrogen-bond acceptors (Lipinski definition) is 4. The zero-order valence-corrected chi connectivity index (χ0v) is 13.5. The van der Waals surface area contributed by atoms with Crippen LogP contribution in [0.4, 0.5) is 5.69 Å². The summed E-state index contributed by atoms with van der Waals surface area (Å²) in [5.41, 5.74) is 0.285. The van der Waals surface area contributed by atoms with E-state index in [9.17, 15) is 10.1 Å². The zero-order valence-electron chi connectivity index (χ0n) is 12.7. The summed E-state index contributed by atoms with van der Waals surface area (Å²) < 4.78 is 0. The van der Waals surface area contributed by atoms with Gasteiger partial charge in [-0.1, -0.05) is 26.0 Å². The van der Waals surface area contributed by atoms with Gasteiger partial charge in [0.2, 0.25) is 5.91 Å². The van der Waals surface area contributed by atoms with Gasteiger partial charge in [-0.3, -0.25) is 4.79 Å². The van der Waals surface area contributed by atoms with Gasteiger partial charge in [-0.2, -0.15) is 5.26 Å². The Morgan fingerprint density at radius 2 is 2.24 bits per heavy atom. The van der Waals surface area contributed by atoms with E-state index < -0.39 is 5.54 Å². The van der Waals surface area contributed by atoms with Crippen molar-refractivity contribution in [2.75, 3.05) is 23.7 Å². The SMILES string of the molecule is CC(C)[C@](C)(C#N)NC(=O)CN1CCSc2ccccc21. The third kappa shape index (κ3) is 3.51. The van der Waals surface area contributed by atoms with Gasteiger partial charge in [0.05, 0.1) is 18.3 Å². The molecular formula is C16H21N3OS. The van der Waals surface area contributed by atoms with E-state index in [1.807, 2.05) is 43.8 Å². The number of amides is 1. The van der Waals surface area contributed by atoms with E-state index in [1.54, 1.807) is 6.92 Å². The van der Waals surface area contributed by atoms with Crippen LogP contribution in [0.15, 0.2) is 29.2 Å². The Bertz CT molecular complexity index is 567. The van der Waals surface area contributed by atoms with Crippen LogP contribution < -0.4 is 10.2 Å². The molecule has 112 valence electrons. The molecule has 5 heteroatoms. The average molecular weight is 303 g/mol. The highest BCUT2D eigenvalue weighted by Crippen LogP contribution is 2.34. The lowest BCUT2D eigenvalue weighted by Gasteiger charge is -2.32. The van der Waals surface area contributed by atoms with Crippen molar-refractivity contribution < 1.29 is 4.79 Å². The maximum Gasteiger partial charge on any atom is 0.240 e. The number of rotatable bonds is 4. The van der Waals surface area contributed by atoms with Crippen molar-refractivity contribution in [1.29, 1.82) is 5.26 Å². The van der Waals surface area contributed by atoms with Crippen molar-refractivity contribution in [3.05, 3.63) is 24.3 Å². The van der Waals surface area contributed by atoms with Gasteiger partial charge in [0.1, 0.15) is 5.54 Å². The Labute approximate surface area is 130 Å². The van der Waals surface area contributed by atoms with Crippen molar-refractivity contribution in [3.8, 4) is 6.07 Å². The lowest BCUT2D eigenvalue weighted by atomic mass is 9.90. The summed E-state index contributed by atoms with van der Waals surface area (Å²) in [7, 11) is 0. The standard InChI is InChI=1S/C16H21N3OS/c1-12(2)16(3,11-17)18-15(20)10-19-8-9-21-14-7-5-4-6-13(14)19/h4-7,12H,8-10H2,1-3H3,(H,18,20)/t16-/m0/s1. The fraction of sp³-hybridized carbons (Fsp3) is 0.500. The zero-order chi connectivity index (χ0) is 15.5. The van der Waals surface area contributed by atoms with Gasteiger partial charge in [0.15, 0.2) is 0 Å². The van der Waals surface area contributed by atoms with Gasteiger partial charge in [0.25, 0.3) is 0 Å². The number of anilines is 1. The van der Waals surface area contributed by atoms with E-state index in [0.717, 1.165) is 18.0 Å². The first-order valence-corrected chi connectivity index (χ1v) is 8.14. The molecule has 2 rings (SSSR count). The minimum absolute atomic E-state index is 0.0654. The summed E-state index contributed by atoms with van der Waals surface area (Å²) >= 11 is 1.82. The molecule has 0 aliphatic carbocycles. The van der Waals surface area contributed by atoms with Crippen molar-refractivity contribution >= 4 is 23.4 Å². The summed E-state index contributed by atoms with van der Waals surface area (Å²) in [4.78, 5) is 15.6. The fourth-order valence-electron chi connectivity index (χ4n) is 2.19. The van der Waals surface area contributed by atoms with E-state index in [4.69, 9.17) is 0 Å². The van der Waals surface area contributed by atoms with Crippen LogP contribution in [0.3, 0.4) is 0 Å². The van der Waals surface area contributed by atoms with Gasteiger partial charge in [-0.05, 0) is 25.0 Å². The Balaban J connectivity index is 2.07. The van der Waals surface area contributed by atoms with Gasteiger partial charge in [0, 0.05) is 17.2 Å². The van der Waals surface area contributed by atoms with Crippen molar-refractivity contribution in [3.63, 3.8) is 0 Å². The third-order valence-electron chi connectivity index (χ3n) is 3.95. The Kier molecular flexibility index (Phi) is 4.79. The Hall–Kier alpha value is -1.67. The van der Waals surface area contributed by atoms with Crippen LogP contribution in [0.1, 0.15) is 20.8 Å². The van der Waals surface area contributed by atoms with Gasteiger partial charge >= 0.3 is 0 Å². The Morgan fingerprint density at radius 3 is 2.90 bits per heavy atom. The highest BCUT2D eigenvalue weighted by Gasteiger charge is 2.31. The first-order chi connectivity index (χ1) is 9.96. The number of para-hydroxylation sites is 1. The van der Waals surface area contributed by atoms with Crippen LogP contribution in [0.2, 0.25) is 0 Å². The number of thioether (sulfide) groups is 1. The maximum atomic E-state index is 12.3. The number of fused-ring (bicyclic) bond motifs is 1. The molecule has 0 fully saturated rings. The first-order valence-electron chi connectivity index (χ1n) is 7.15. The number of hydrogen-bond donors (Lipinski definition) is 1. The molecule has 0 bridgehead atoms. The molecule has 0 saturated carbocycles. The number of nitrogens with zero attached hydrogens (tertiary/aromatic N) is 2. The van der Waals surface area contributed by atoms with Crippen LogP contribution in [0.5, 0.6) is 0 Å². The molecule has 1 amide bonds. The molecular weight excluding hydrogens is 282 g/mol. The maximum absolute atomic E-state index is 12.3. The van der Waals surface area contributed by atoms with Crippen LogP contribution in [0, 0.1) is 17.2 Å². The van der Waals surface area contributed by atoms with Gasteiger partial charge < -0.3 is 10.2 Å². The highest BCUT2D eigenvalue weighted by molar-refractivity contribution is 7.99. The second-order valence-corrected chi connectivity index (χ2v) is 6.89. The predicted molar refractivity (Wildman–Crippen MR) is 86.4 cm³/mol. The van der Waals surface area contributed by atoms with Crippen LogP contribution in [-0.4, -0.2) is 30.3 Å². The minimum Gasteiger partial charge on any atom is -0.360 e. The average Bonchev–Trinajstić information content (AvgIpc) is 2.47. The molecule has 0 spiro atoms. The highest BCUT2D eigenvalue weighted by atomic mass is 32.2. The topological polar surface area (TPSA) is 56.1 Å². The largest absolute Gasteiger partial charge is 0.360 e. The smallest absolute Gasteiger partial charge is 0.240 e. The van der Waals surface area contributed by atoms with E-state index in [1.165, 1.54) is 4.90 Å². The Morgan fingerprint density at radius 1 is 1.52 bits per heavy atom. The number of carbonyl (C=O) groups is 1. The molecule has 0 saturated heterocycles. The summed E-state index contributed by atoms with van der Waals surface area (Å²) in [6.45, 7) is 6.80. The van der Waals surface area contributed by atoms with E-state index >= 15 is 0 Å². The molecule has 1 aromatic carbocycles. The molecule has 0 unspecified atom stereocenters. The number of carbonyl (C=O) groups excluding carboxylic acids is 1. The quantitative estimate of drug-likeness (QED) is 0.929. The van der Waals surface area contributed by atoms with Gasteiger partial charge in [-0.25, -0.2) is 0 Å². The van der Waals surface area contributed by atoms with Crippen LogP contribution in [0.25, 0.3) is 0 Å². The van der Waals surface area contributed by atoms with E-state index in [2.05, 4.69) is 22.4 Å². The summed E-state index contributed by atoms with van der Waals surface area (Å²) in [5, 5.41) is 12.2. The molecule has 1 aliphatic heterocycles. The van der Waals surface area contributed by atoms with Crippen LogP contribution >= 0.6 is 11.8 Å². The molecule has 4 nitrogen and oxygen atoms in total. The van der Waals surface area contributed by atoms with Crippen LogP contribution in [-0.2, 0) is 4.79 Å². The normalized spacial score (nSPS) is 16.8. The number of nitriles is 1. The monoisotopic (exact) mass is 303 g/mol. The molecule has 0 aromatic heterocycles. The number of benzene rings is 1. The van der Waals surface area contributed by atoms with Gasteiger partial charge in [-0.15, -0.1) is 11.8 Å². The predicted octanol–water partition coefficient (Wildman–Crippen LogP) is 2.65. The van der Waals surface area contributed by atoms with E-state index in [0.29, 0.717) is 6.54 Å². The summed E-state index contributed by atoms with van der Waals surface area (Å²) in [6.07, 6.45) is 0. The van der Waals surface area contributed by atoms with E-state index in [-0.39, 0.29) is 11.8 Å². The lowest BCUT2D eigenvalue weighted by molar-refractivity contribution is -0.121.